The Morgan fingerprint density at radius 1 is 0.882 bits per heavy atom. The van der Waals surface area contributed by atoms with Crippen LogP contribution in [0, 0.1) is 11.8 Å². The lowest BCUT2D eigenvalue weighted by Crippen LogP contribution is -2.47. The topological polar surface area (TPSA) is 60.4 Å². The Bertz CT molecular complexity index is 297. The molecule has 2 aliphatic rings. The summed E-state index contributed by atoms with van der Waals surface area (Å²) in [6, 6.07) is 0. The zero-order valence-corrected chi connectivity index (χ0v) is 10.2. The second kappa shape index (κ2) is 5.52. The highest BCUT2D eigenvalue weighted by Gasteiger charge is 2.34. The highest BCUT2D eigenvalue weighted by molar-refractivity contribution is 5.84. The minimum absolute atomic E-state index is 0.0543. The van der Waals surface area contributed by atoms with Gasteiger partial charge in [-0.1, -0.05) is 12.8 Å². The molecule has 0 aromatic carbocycles. The predicted octanol–water partition coefficient (Wildman–Crippen LogP) is 0.555. The Balaban J connectivity index is 2.02. The fourth-order valence-corrected chi connectivity index (χ4v) is 3.06. The molecule has 0 spiro atoms. The lowest BCUT2D eigenvalue weighted by molar-refractivity contribution is -0.314. The van der Waals surface area contributed by atoms with E-state index in [1.807, 2.05) is 4.90 Å². The maximum atomic E-state index is 12.3. The van der Waals surface area contributed by atoms with Crippen molar-refractivity contribution in [3.05, 3.63) is 0 Å². The van der Waals surface area contributed by atoms with Gasteiger partial charge in [0.15, 0.2) is 0 Å². The number of hydrogen-bond acceptors (Lipinski definition) is 3. The first kappa shape index (κ1) is 12.4. The third-order valence-electron chi connectivity index (χ3n) is 4.05. The van der Waals surface area contributed by atoms with Gasteiger partial charge in [0.1, 0.15) is 0 Å². The predicted molar refractivity (Wildman–Crippen MR) is 60.9 cm³/mol. The first-order valence-corrected chi connectivity index (χ1v) is 6.70. The van der Waals surface area contributed by atoms with Gasteiger partial charge < -0.3 is 14.8 Å². The molecule has 1 aliphatic heterocycles. The second-order valence-electron chi connectivity index (χ2n) is 5.20. The van der Waals surface area contributed by atoms with E-state index < -0.39 is 11.9 Å². The third-order valence-corrected chi connectivity index (χ3v) is 4.05. The number of aliphatic carboxylic acids is 1. The van der Waals surface area contributed by atoms with E-state index in [4.69, 9.17) is 0 Å². The number of nitrogens with zero attached hydrogens (tertiary/aromatic N) is 1. The van der Waals surface area contributed by atoms with Crippen molar-refractivity contribution < 1.29 is 14.7 Å². The van der Waals surface area contributed by atoms with Crippen LogP contribution < -0.4 is 5.11 Å². The number of carbonyl (C=O) groups excluding carboxylic acids is 2. The summed E-state index contributed by atoms with van der Waals surface area (Å²) in [6.07, 6.45) is 6.47. The molecule has 1 saturated carbocycles. The Kier molecular flexibility index (Phi) is 4.02. The number of carboxylic acid groups (broad SMARTS) is 1. The van der Waals surface area contributed by atoms with Crippen molar-refractivity contribution in [1.82, 2.24) is 4.90 Å². The van der Waals surface area contributed by atoms with Crippen LogP contribution in [0.25, 0.3) is 0 Å². The summed E-state index contributed by atoms with van der Waals surface area (Å²) in [5.74, 6) is -1.87. The van der Waals surface area contributed by atoms with Crippen LogP contribution in [0.3, 0.4) is 0 Å². The SMILES string of the molecule is O=C([O-])C1CCCCC1C(=O)N1CCCCC1. The van der Waals surface area contributed by atoms with Crippen molar-refractivity contribution in [3.8, 4) is 0 Å². The number of likely N-dealkylation sites (tertiary alicyclic amines) is 1. The summed E-state index contributed by atoms with van der Waals surface area (Å²) in [6.45, 7) is 1.60. The Hall–Kier alpha value is -1.06. The van der Waals surface area contributed by atoms with E-state index in [9.17, 15) is 14.7 Å². The first-order valence-electron chi connectivity index (χ1n) is 6.70. The third kappa shape index (κ3) is 2.79. The van der Waals surface area contributed by atoms with E-state index in [2.05, 4.69) is 0 Å². The lowest BCUT2D eigenvalue weighted by Gasteiger charge is -2.36. The molecule has 2 fully saturated rings. The van der Waals surface area contributed by atoms with Gasteiger partial charge in [-0.25, -0.2) is 0 Å². The molecule has 1 saturated heterocycles. The quantitative estimate of drug-likeness (QED) is 0.706. The Morgan fingerprint density at radius 3 is 2.06 bits per heavy atom. The van der Waals surface area contributed by atoms with Crippen molar-refractivity contribution >= 4 is 11.9 Å². The van der Waals surface area contributed by atoms with Gasteiger partial charge in [-0.15, -0.1) is 0 Å². The molecule has 4 nitrogen and oxygen atoms in total. The van der Waals surface area contributed by atoms with E-state index in [0.717, 1.165) is 38.8 Å². The van der Waals surface area contributed by atoms with Crippen LogP contribution in [0.1, 0.15) is 44.9 Å². The molecular weight excluding hydrogens is 218 g/mol. The number of hydrogen-bond donors (Lipinski definition) is 0. The Morgan fingerprint density at radius 2 is 1.47 bits per heavy atom. The van der Waals surface area contributed by atoms with Crippen LogP contribution in [-0.2, 0) is 9.59 Å². The molecule has 17 heavy (non-hydrogen) atoms. The maximum Gasteiger partial charge on any atom is 0.226 e. The normalized spacial score (nSPS) is 30.0. The van der Waals surface area contributed by atoms with Crippen LogP contribution in [0.15, 0.2) is 0 Å². The molecule has 2 atom stereocenters. The van der Waals surface area contributed by atoms with Crippen molar-refractivity contribution in [2.24, 2.45) is 11.8 Å². The average molecular weight is 238 g/mol. The number of amides is 1. The highest BCUT2D eigenvalue weighted by atomic mass is 16.4. The summed E-state index contributed by atoms with van der Waals surface area (Å²) in [5.41, 5.74) is 0. The van der Waals surface area contributed by atoms with Crippen LogP contribution in [0.5, 0.6) is 0 Å². The lowest BCUT2D eigenvalue weighted by atomic mass is 9.78. The molecule has 0 aromatic rings. The van der Waals surface area contributed by atoms with Crippen molar-refractivity contribution in [3.63, 3.8) is 0 Å². The van der Waals surface area contributed by atoms with E-state index in [1.165, 1.54) is 6.42 Å². The molecule has 2 unspecified atom stereocenters. The number of carbonyl (C=O) groups is 2. The van der Waals surface area contributed by atoms with E-state index in [1.54, 1.807) is 0 Å². The fourth-order valence-electron chi connectivity index (χ4n) is 3.06. The van der Waals surface area contributed by atoms with E-state index in [-0.39, 0.29) is 11.8 Å². The number of carboxylic acids is 1. The smallest absolute Gasteiger partial charge is 0.226 e. The fraction of sp³-hybridized carbons (Fsp3) is 0.846. The average Bonchev–Trinajstić information content (AvgIpc) is 2.39. The maximum absolute atomic E-state index is 12.3. The molecular formula is C13H20NO3-. The molecule has 0 bridgehead atoms. The monoisotopic (exact) mass is 238 g/mol. The van der Waals surface area contributed by atoms with Crippen LogP contribution in [0.2, 0.25) is 0 Å². The largest absolute Gasteiger partial charge is 0.550 e. The van der Waals surface area contributed by atoms with Crippen LogP contribution in [-0.4, -0.2) is 29.9 Å². The molecule has 2 rings (SSSR count). The number of piperidine rings is 1. The van der Waals surface area contributed by atoms with Gasteiger partial charge in [-0.2, -0.15) is 0 Å². The standard InChI is InChI=1S/C13H21NO3/c15-12(14-8-4-1-5-9-14)10-6-2-3-7-11(10)13(16)17/h10-11H,1-9H2,(H,16,17)/p-1. The van der Waals surface area contributed by atoms with Gasteiger partial charge in [-0.3, -0.25) is 4.79 Å². The van der Waals surface area contributed by atoms with E-state index >= 15 is 0 Å². The van der Waals surface area contributed by atoms with Gasteiger partial charge in [0.25, 0.3) is 0 Å². The summed E-state index contributed by atoms with van der Waals surface area (Å²) in [5, 5.41) is 11.1. The molecule has 0 N–H and O–H groups in total. The minimum atomic E-state index is -1.04. The second-order valence-corrected chi connectivity index (χ2v) is 5.20. The number of rotatable bonds is 2. The first-order chi connectivity index (χ1) is 8.20. The van der Waals surface area contributed by atoms with Gasteiger partial charge in [0, 0.05) is 30.9 Å². The molecule has 0 radical (unpaired) electrons. The zero-order valence-electron chi connectivity index (χ0n) is 10.2. The molecule has 0 aromatic heterocycles. The molecule has 4 heteroatoms. The summed E-state index contributed by atoms with van der Waals surface area (Å²) in [7, 11) is 0. The van der Waals surface area contributed by atoms with Crippen LogP contribution >= 0.6 is 0 Å². The molecule has 1 aliphatic carbocycles. The zero-order chi connectivity index (χ0) is 12.3. The van der Waals surface area contributed by atoms with Gasteiger partial charge in [0.05, 0.1) is 0 Å². The van der Waals surface area contributed by atoms with Crippen molar-refractivity contribution in [1.29, 1.82) is 0 Å². The molecule has 1 heterocycles. The van der Waals surface area contributed by atoms with Crippen molar-refractivity contribution in [2.75, 3.05) is 13.1 Å². The highest BCUT2D eigenvalue weighted by Crippen LogP contribution is 2.31. The molecule has 96 valence electrons. The van der Waals surface area contributed by atoms with Gasteiger partial charge in [0.2, 0.25) is 5.91 Å². The van der Waals surface area contributed by atoms with Gasteiger partial charge >= 0.3 is 0 Å². The minimum Gasteiger partial charge on any atom is -0.550 e. The summed E-state index contributed by atoms with van der Waals surface area (Å²) in [4.78, 5) is 25.2. The van der Waals surface area contributed by atoms with E-state index in [0.29, 0.717) is 12.8 Å². The summed E-state index contributed by atoms with van der Waals surface area (Å²) < 4.78 is 0. The van der Waals surface area contributed by atoms with Crippen LogP contribution in [0.4, 0.5) is 0 Å². The molecule has 1 amide bonds. The van der Waals surface area contributed by atoms with Crippen molar-refractivity contribution in [2.45, 2.75) is 44.9 Å². The Labute approximate surface area is 102 Å². The summed E-state index contributed by atoms with van der Waals surface area (Å²) >= 11 is 0. The van der Waals surface area contributed by atoms with Gasteiger partial charge in [-0.05, 0) is 32.1 Å².